The molecule has 1 atom stereocenters. The molecule has 2 rings (SSSR count). The van der Waals surface area contributed by atoms with Crippen LogP contribution in [0.4, 0.5) is 0 Å². The Balaban J connectivity index is 0.00000312. The van der Waals surface area contributed by atoms with Crippen LogP contribution in [-0.4, -0.2) is 37.6 Å². The smallest absolute Gasteiger partial charge is 0.321 e. The molecule has 0 aliphatic heterocycles. The van der Waals surface area contributed by atoms with E-state index in [1.54, 1.807) is 0 Å². The second kappa shape index (κ2) is 9.73. The first-order valence-electron chi connectivity index (χ1n) is 8.47. The van der Waals surface area contributed by atoms with Gasteiger partial charge in [0.2, 0.25) is 0 Å². The number of nitrogens with zero attached hydrogens (tertiary/aromatic N) is 1. The Labute approximate surface area is 161 Å². The van der Waals surface area contributed by atoms with Gasteiger partial charge in [0.25, 0.3) is 0 Å². The highest BCUT2D eigenvalue weighted by molar-refractivity contribution is 8.93. The minimum absolute atomic E-state index is 0. The van der Waals surface area contributed by atoms with E-state index < -0.39 is 5.41 Å². The van der Waals surface area contributed by atoms with Gasteiger partial charge in [-0.1, -0.05) is 60.7 Å². The van der Waals surface area contributed by atoms with E-state index in [4.69, 9.17) is 4.74 Å². The van der Waals surface area contributed by atoms with Crippen LogP contribution in [0.5, 0.6) is 0 Å². The topological polar surface area (TPSA) is 29.5 Å². The van der Waals surface area contributed by atoms with Crippen molar-refractivity contribution >= 4 is 23.0 Å². The summed E-state index contributed by atoms with van der Waals surface area (Å²) in [4.78, 5) is 15.3. The SMILES string of the molecule is Br.CCOC(=O)C(CC(C)N(C)C)(c1ccccc1)c1ccccc1. The van der Waals surface area contributed by atoms with Crippen LogP contribution >= 0.6 is 17.0 Å². The summed E-state index contributed by atoms with van der Waals surface area (Å²) in [6, 6.07) is 20.2. The first-order valence-corrected chi connectivity index (χ1v) is 8.47. The van der Waals surface area contributed by atoms with Gasteiger partial charge in [0.1, 0.15) is 5.41 Å². The summed E-state index contributed by atoms with van der Waals surface area (Å²) in [7, 11) is 4.08. The average molecular weight is 406 g/mol. The quantitative estimate of drug-likeness (QED) is 0.637. The van der Waals surface area contributed by atoms with E-state index >= 15 is 0 Å². The van der Waals surface area contributed by atoms with Crippen LogP contribution in [0, 0.1) is 0 Å². The Kier molecular flexibility index (Phi) is 8.33. The second-order valence-electron chi connectivity index (χ2n) is 6.37. The molecular formula is C21H28BrNO2. The third-order valence-electron chi connectivity index (χ3n) is 4.64. The van der Waals surface area contributed by atoms with Gasteiger partial charge >= 0.3 is 5.97 Å². The minimum atomic E-state index is -0.803. The maximum Gasteiger partial charge on any atom is 0.321 e. The monoisotopic (exact) mass is 405 g/mol. The third kappa shape index (κ3) is 4.71. The summed E-state index contributed by atoms with van der Waals surface area (Å²) in [6.07, 6.45) is 0.660. The predicted octanol–water partition coefficient (Wildman–Crippen LogP) is 4.45. The summed E-state index contributed by atoms with van der Waals surface area (Å²) in [5.41, 5.74) is 1.15. The number of esters is 1. The second-order valence-corrected chi connectivity index (χ2v) is 6.37. The standard InChI is InChI=1S/C21H27NO2.BrH/c1-5-24-20(23)21(16-17(2)22(3)4,18-12-8-6-9-13-18)19-14-10-7-11-15-19;/h6-15,17H,5,16H2,1-4H3;1H. The van der Waals surface area contributed by atoms with Gasteiger partial charge in [-0.25, -0.2) is 0 Å². The van der Waals surface area contributed by atoms with Crippen LogP contribution in [0.3, 0.4) is 0 Å². The van der Waals surface area contributed by atoms with Crippen molar-refractivity contribution in [1.82, 2.24) is 4.90 Å². The van der Waals surface area contributed by atoms with Crippen molar-refractivity contribution < 1.29 is 9.53 Å². The van der Waals surface area contributed by atoms with E-state index in [1.165, 1.54) is 0 Å². The molecule has 0 aliphatic carbocycles. The van der Waals surface area contributed by atoms with Gasteiger partial charge in [0.15, 0.2) is 0 Å². The van der Waals surface area contributed by atoms with Gasteiger partial charge in [-0.15, -0.1) is 17.0 Å². The van der Waals surface area contributed by atoms with Gasteiger partial charge < -0.3 is 9.64 Å². The number of ether oxygens (including phenoxy) is 1. The van der Waals surface area contributed by atoms with E-state index in [0.29, 0.717) is 13.0 Å². The molecule has 2 aromatic rings. The molecule has 0 heterocycles. The van der Waals surface area contributed by atoms with Gasteiger partial charge in [-0.3, -0.25) is 4.79 Å². The molecule has 0 spiro atoms. The molecule has 0 fully saturated rings. The molecule has 0 aromatic heterocycles. The summed E-state index contributed by atoms with van der Waals surface area (Å²) in [5.74, 6) is -0.184. The third-order valence-corrected chi connectivity index (χ3v) is 4.64. The molecular weight excluding hydrogens is 378 g/mol. The van der Waals surface area contributed by atoms with Crippen LogP contribution in [0.25, 0.3) is 0 Å². The minimum Gasteiger partial charge on any atom is -0.465 e. The van der Waals surface area contributed by atoms with E-state index in [-0.39, 0.29) is 29.0 Å². The number of benzene rings is 2. The van der Waals surface area contributed by atoms with Crippen LogP contribution in [-0.2, 0) is 14.9 Å². The Bertz CT molecular complexity index is 604. The summed E-state index contributed by atoms with van der Waals surface area (Å²) < 4.78 is 5.54. The van der Waals surface area contributed by atoms with Gasteiger partial charge in [0, 0.05) is 6.04 Å². The molecule has 1 unspecified atom stereocenters. The maximum absolute atomic E-state index is 13.2. The van der Waals surface area contributed by atoms with Crippen molar-refractivity contribution in [1.29, 1.82) is 0 Å². The Morgan fingerprint density at radius 2 is 1.44 bits per heavy atom. The van der Waals surface area contributed by atoms with Crippen molar-refractivity contribution in [3.63, 3.8) is 0 Å². The molecule has 3 nitrogen and oxygen atoms in total. The number of hydrogen-bond acceptors (Lipinski definition) is 3. The number of carbonyl (C=O) groups is 1. The number of hydrogen-bond donors (Lipinski definition) is 0. The molecule has 0 radical (unpaired) electrons. The molecule has 2 aromatic carbocycles. The van der Waals surface area contributed by atoms with Gasteiger partial charge in [-0.2, -0.15) is 0 Å². The van der Waals surface area contributed by atoms with Gasteiger partial charge in [-0.05, 0) is 45.5 Å². The number of carbonyl (C=O) groups excluding carboxylic acids is 1. The Morgan fingerprint density at radius 3 is 1.80 bits per heavy atom. The number of rotatable bonds is 7. The summed E-state index contributed by atoms with van der Waals surface area (Å²) >= 11 is 0. The van der Waals surface area contributed by atoms with Crippen molar-refractivity contribution in [3.05, 3.63) is 71.8 Å². The predicted molar refractivity (Wildman–Crippen MR) is 108 cm³/mol. The lowest BCUT2D eigenvalue weighted by atomic mass is 9.70. The lowest BCUT2D eigenvalue weighted by Crippen LogP contribution is -2.44. The number of halogens is 1. The molecule has 0 amide bonds. The molecule has 0 saturated heterocycles. The van der Waals surface area contributed by atoms with Crippen molar-refractivity contribution in [2.24, 2.45) is 0 Å². The zero-order valence-corrected chi connectivity index (χ0v) is 17.2. The summed E-state index contributed by atoms with van der Waals surface area (Å²) in [6.45, 7) is 4.37. The molecule has 0 aliphatic rings. The molecule has 4 heteroatoms. The van der Waals surface area contributed by atoms with Crippen LogP contribution < -0.4 is 0 Å². The fraction of sp³-hybridized carbons (Fsp3) is 0.381. The largest absolute Gasteiger partial charge is 0.465 e. The van der Waals surface area contributed by atoms with Crippen molar-refractivity contribution in [2.75, 3.05) is 20.7 Å². The van der Waals surface area contributed by atoms with E-state index in [0.717, 1.165) is 11.1 Å². The van der Waals surface area contributed by atoms with E-state index in [9.17, 15) is 4.79 Å². The van der Waals surface area contributed by atoms with E-state index in [1.807, 2.05) is 81.7 Å². The zero-order valence-electron chi connectivity index (χ0n) is 15.4. The molecule has 136 valence electrons. The lowest BCUT2D eigenvalue weighted by molar-refractivity contribution is -0.149. The zero-order chi connectivity index (χ0) is 17.6. The molecule has 0 N–H and O–H groups in total. The first-order chi connectivity index (χ1) is 11.5. The fourth-order valence-corrected chi connectivity index (χ4v) is 3.05. The Hall–Kier alpha value is -1.65. The van der Waals surface area contributed by atoms with Crippen molar-refractivity contribution in [3.8, 4) is 0 Å². The van der Waals surface area contributed by atoms with Crippen LogP contribution in [0.1, 0.15) is 31.4 Å². The first kappa shape index (κ1) is 21.4. The summed E-state index contributed by atoms with van der Waals surface area (Å²) in [5, 5.41) is 0. The fourth-order valence-electron chi connectivity index (χ4n) is 3.05. The molecule has 0 bridgehead atoms. The highest BCUT2D eigenvalue weighted by Crippen LogP contribution is 2.39. The van der Waals surface area contributed by atoms with E-state index in [2.05, 4.69) is 11.8 Å². The van der Waals surface area contributed by atoms with Crippen LogP contribution in [0.15, 0.2) is 60.7 Å². The lowest BCUT2D eigenvalue weighted by Gasteiger charge is -2.36. The maximum atomic E-state index is 13.2. The highest BCUT2D eigenvalue weighted by Gasteiger charge is 2.44. The van der Waals surface area contributed by atoms with Crippen LogP contribution in [0.2, 0.25) is 0 Å². The highest BCUT2D eigenvalue weighted by atomic mass is 79.9. The van der Waals surface area contributed by atoms with Crippen molar-refractivity contribution in [2.45, 2.75) is 31.7 Å². The molecule has 25 heavy (non-hydrogen) atoms. The average Bonchev–Trinajstić information content (AvgIpc) is 2.61. The molecule has 0 saturated carbocycles. The normalized spacial score (nSPS) is 12.4. The Morgan fingerprint density at radius 1 is 1.00 bits per heavy atom. The van der Waals surface area contributed by atoms with Gasteiger partial charge in [0.05, 0.1) is 6.61 Å².